The third kappa shape index (κ3) is 7.17. The van der Waals surface area contributed by atoms with Gasteiger partial charge in [-0.05, 0) is 86.9 Å². The van der Waals surface area contributed by atoms with Crippen molar-refractivity contribution in [1.29, 1.82) is 0 Å². The number of nitrogens with two attached hydrogens (primary N) is 1. The lowest BCUT2D eigenvalue weighted by atomic mass is 10.0. The Labute approximate surface area is 213 Å². The molecule has 6 nitrogen and oxygen atoms in total. The molecule has 0 spiro atoms. The summed E-state index contributed by atoms with van der Waals surface area (Å²) in [6.07, 6.45) is 9.13. The maximum atomic E-state index is 6.20. The molecule has 0 atom stereocenters. The first-order valence-corrected chi connectivity index (χ1v) is 13.6. The maximum absolute atomic E-state index is 6.20. The van der Waals surface area contributed by atoms with Crippen molar-refractivity contribution >= 4 is 22.9 Å². The highest BCUT2D eigenvalue weighted by molar-refractivity contribution is 7.97. The number of nitrogens with zero attached hydrogens (tertiary/aromatic N) is 1. The van der Waals surface area contributed by atoms with Gasteiger partial charge in [-0.3, -0.25) is 10.0 Å². The smallest absolute Gasteiger partial charge is 0.124 e. The quantitative estimate of drug-likeness (QED) is 0.221. The molecule has 2 aromatic carbocycles. The van der Waals surface area contributed by atoms with Gasteiger partial charge in [-0.2, -0.15) is 0 Å². The predicted octanol–water partition coefficient (Wildman–Crippen LogP) is 6.07. The molecule has 0 amide bonds. The number of aromatic amines is 1. The third-order valence-electron chi connectivity index (χ3n) is 6.85. The van der Waals surface area contributed by atoms with Crippen LogP contribution in [0.4, 0.5) is 0 Å². The number of methoxy groups -OCH3 is 1. The van der Waals surface area contributed by atoms with Crippen molar-refractivity contribution in [3.8, 4) is 11.5 Å². The van der Waals surface area contributed by atoms with Crippen LogP contribution in [0.3, 0.4) is 0 Å². The van der Waals surface area contributed by atoms with Crippen LogP contribution in [0.25, 0.3) is 10.9 Å². The molecule has 0 bridgehead atoms. The van der Waals surface area contributed by atoms with Gasteiger partial charge in [0.25, 0.3) is 0 Å². The lowest BCUT2D eigenvalue weighted by molar-refractivity contribution is 0.00419. The molecular weight excluding hydrogens is 458 g/mol. The number of hydrogen-bond acceptors (Lipinski definition) is 6. The minimum atomic E-state index is 0.384. The molecule has 1 saturated heterocycles. The summed E-state index contributed by atoms with van der Waals surface area (Å²) in [6, 6.07) is 12.3. The monoisotopic (exact) mass is 497 g/mol. The Hall–Kier alpha value is -2.19. The Morgan fingerprint density at radius 2 is 1.86 bits per heavy atom. The van der Waals surface area contributed by atoms with E-state index >= 15 is 0 Å². The average Bonchev–Trinajstić information content (AvgIpc) is 3.39. The van der Waals surface area contributed by atoms with E-state index in [4.69, 9.17) is 19.3 Å². The Bertz CT molecular complexity index is 1060. The van der Waals surface area contributed by atoms with Gasteiger partial charge in [0.05, 0.1) is 19.8 Å². The van der Waals surface area contributed by atoms with Crippen LogP contribution in [0.15, 0.2) is 47.5 Å². The molecule has 0 aliphatic carbocycles. The van der Waals surface area contributed by atoms with E-state index in [2.05, 4.69) is 28.9 Å². The zero-order chi connectivity index (χ0) is 24.5. The van der Waals surface area contributed by atoms with E-state index in [1.54, 1.807) is 7.11 Å². The minimum absolute atomic E-state index is 0.384. The topological polar surface area (TPSA) is 72.7 Å². The lowest BCUT2D eigenvalue weighted by Crippen LogP contribution is -2.36. The molecule has 2 heterocycles. The molecule has 4 rings (SSSR count). The van der Waals surface area contributed by atoms with Crippen LogP contribution in [0.5, 0.6) is 11.5 Å². The molecule has 1 aliphatic rings. The van der Waals surface area contributed by atoms with E-state index in [9.17, 15) is 0 Å². The number of unbranched alkanes of at least 4 members (excludes halogenated alkanes) is 3. The van der Waals surface area contributed by atoms with E-state index < -0.39 is 0 Å². The van der Waals surface area contributed by atoms with Crippen molar-refractivity contribution in [2.45, 2.75) is 63.0 Å². The second kappa shape index (κ2) is 13.2. The van der Waals surface area contributed by atoms with E-state index in [1.165, 1.54) is 46.8 Å². The fourth-order valence-corrected chi connectivity index (χ4v) is 5.22. The lowest BCUT2D eigenvalue weighted by Gasteiger charge is -2.32. The number of ether oxygens (including phenoxy) is 3. The predicted molar refractivity (Wildman–Crippen MR) is 144 cm³/mol. The normalized spacial score (nSPS) is 15.1. The van der Waals surface area contributed by atoms with Gasteiger partial charge in [0.1, 0.15) is 11.5 Å². The van der Waals surface area contributed by atoms with Gasteiger partial charge in [-0.1, -0.05) is 12.5 Å². The number of piperidine rings is 1. The number of nitrogens with one attached hydrogen (secondary N) is 1. The number of hydrogen-bond donors (Lipinski definition) is 2. The van der Waals surface area contributed by atoms with Crippen molar-refractivity contribution in [2.75, 3.05) is 33.4 Å². The average molecular weight is 498 g/mol. The number of aromatic nitrogens is 1. The Morgan fingerprint density at radius 1 is 1.06 bits per heavy atom. The summed E-state index contributed by atoms with van der Waals surface area (Å²) in [5.41, 5.74) is 3.72. The molecule has 1 aliphatic heterocycles. The van der Waals surface area contributed by atoms with Gasteiger partial charge in [-0.15, -0.1) is 0 Å². The summed E-state index contributed by atoms with van der Waals surface area (Å²) < 4.78 is 17.7. The molecule has 0 unspecified atom stereocenters. The van der Waals surface area contributed by atoms with Crippen molar-refractivity contribution in [1.82, 2.24) is 9.88 Å². The molecule has 1 fully saturated rings. The summed E-state index contributed by atoms with van der Waals surface area (Å²) in [7, 11) is 1.77. The molecular formula is C28H39N3O3S. The summed E-state index contributed by atoms with van der Waals surface area (Å²) in [5.74, 6) is 1.88. The standard InChI is InChI=1S/C28H39N3O3S/c1-21-18-27(32-2)26(25-10-13-30-28(21)25)20-31-14-11-22(12-15-31)33-16-5-3-4-6-17-34-23-8-7-9-24(19-23)35-29/h7-10,13,18-19,22,30H,3-6,11-12,14-17,20,29H2,1-2H3. The van der Waals surface area contributed by atoms with Crippen molar-refractivity contribution in [2.24, 2.45) is 5.14 Å². The fraction of sp³-hybridized carbons (Fsp3) is 0.500. The molecule has 0 radical (unpaired) electrons. The third-order valence-corrected chi connectivity index (χ3v) is 7.38. The van der Waals surface area contributed by atoms with Crippen LogP contribution >= 0.6 is 11.9 Å². The van der Waals surface area contributed by atoms with Gasteiger partial charge in [-0.25, -0.2) is 0 Å². The first-order valence-electron chi connectivity index (χ1n) is 12.7. The molecule has 0 saturated carbocycles. The molecule has 35 heavy (non-hydrogen) atoms. The van der Waals surface area contributed by atoms with Crippen LogP contribution in [0.2, 0.25) is 0 Å². The van der Waals surface area contributed by atoms with Gasteiger partial charge in [0.2, 0.25) is 0 Å². The number of likely N-dealkylation sites (tertiary alicyclic amines) is 1. The zero-order valence-electron chi connectivity index (χ0n) is 21.1. The Morgan fingerprint density at radius 3 is 2.63 bits per heavy atom. The number of H-pyrrole nitrogens is 1. The second-order valence-electron chi connectivity index (χ2n) is 9.34. The van der Waals surface area contributed by atoms with Crippen LogP contribution in [0, 0.1) is 6.92 Å². The maximum Gasteiger partial charge on any atom is 0.124 e. The van der Waals surface area contributed by atoms with E-state index in [-0.39, 0.29) is 0 Å². The summed E-state index contributed by atoms with van der Waals surface area (Å²) in [4.78, 5) is 6.93. The van der Waals surface area contributed by atoms with Gasteiger partial charge < -0.3 is 19.2 Å². The summed E-state index contributed by atoms with van der Waals surface area (Å²) >= 11 is 1.25. The van der Waals surface area contributed by atoms with E-state index in [0.717, 1.165) is 74.9 Å². The molecule has 1 aromatic heterocycles. The van der Waals surface area contributed by atoms with Crippen molar-refractivity contribution in [3.63, 3.8) is 0 Å². The van der Waals surface area contributed by atoms with Gasteiger partial charge in [0, 0.05) is 53.8 Å². The van der Waals surface area contributed by atoms with E-state index in [1.807, 2.05) is 30.5 Å². The van der Waals surface area contributed by atoms with E-state index in [0.29, 0.717) is 6.10 Å². The highest BCUT2D eigenvalue weighted by atomic mass is 32.2. The highest BCUT2D eigenvalue weighted by Gasteiger charge is 2.22. The Balaban J connectivity index is 1.09. The second-order valence-corrected chi connectivity index (χ2v) is 10.0. The Kier molecular flexibility index (Phi) is 9.77. The minimum Gasteiger partial charge on any atom is -0.496 e. The van der Waals surface area contributed by atoms with Gasteiger partial charge in [0.15, 0.2) is 0 Å². The number of fused-ring (bicyclic) bond motifs is 1. The molecule has 7 heteroatoms. The first-order chi connectivity index (χ1) is 17.2. The SMILES string of the molecule is COc1cc(C)c2[nH]ccc2c1CN1CCC(OCCCCCCOc2cccc(SN)c2)CC1. The summed E-state index contributed by atoms with van der Waals surface area (Å²) in [6.45, 7) is 6.78. The summed E-state index contributed by atoms with van der Waals surface area (Å²) in [5, 5.41) is 6.88. The van der Waals surface area contributed by atoms with Crippen LogP contribution < -0.4 is 14.6 Å². The molecule has 190 valence electrons. The number of aryl methyl sites for hydroxylation is 1. The van der Waals surface area contributed by atoms with Crippen LogP contribution in [0.1, 0.15) is 49.7 Å². The highest BCUT2D eigenvalue weighted by Crippen LogP contribution is 2.32. The zero-order valence-corrected chi connectivity index (χ0v) is 21.9. The molecule has 3 N–H and O–H groups in total. The van der Waals surface area contributed by atoms with Crippen molar-refractivity contribution < 1.29 is 14.2 Å². The fourth-order valence-electron chi connectivity index (χ4n) is 4.87. The number of rotatable bonds is 13. The van der Waals surface area contributed by atoms with Crippen LogP contribution in [-0.4, -0.2) is 49.4 Å². The van der Waals surface area contributed by atoms with Gasteiger partial charge >= 0.3 is 0 Å². The van der Waals surface area contributed by atoms with Crippen molar-refractivity contribution in [3.05, 3.63) is 53.7 Å². The molecule has 3 aromatic rings. The largest absolute Gasteiger partial charge is 0.496 e. The number of benzene rings is 2. The first kappa shape index (κ1) is 25.9. The van der Waals surface area contributed by atoms with Crippen LogP contribution in [-0.2, 0) is 11.3 Å².